The smallest absolute Gasteiger partial charge is 0.328 e. The Morgan fingerprint density at radius 3 is 2.85 bits per heavy atom. The molecule has 1 N–H and O–H groups in total. The SMILES string of the molecule is CC1CN(C)CCN1c1cc(Br)ccc1/C=C/C(=O)O. The van der Waals surface area contributed by atoms with Crippen LogP contribution in [0.5, 0.6) is 0 Å². The molecule has 0 aromatic heterocycles. The van der Waals surface area contributed by atoms with Gasteiger partial charge in [0.15, 0.2) is 0 Å². The fourth-order valence-electron chi connectivity index (χ4n) is 2.57. The van der Waals surface area contributed by atoms with Gasteiger partial charge in [0.2, 0.25) is 0 Å². The summed E-state index contributed by atoms with van der Waals surface area (Å²) in [4.78, 5) is 15.4. The summed E-state index contributed by atoms with van der Waals surface area (Å²) < 4.78 is 1.01. The lowest BCUT2D eigenvalue weighted by molar-refractivity contribution is -0.131. The van der Waals surface area contributed by atoms with Crippen molar-refractivity contribution in [1.82, 2.24) is 4.90 Å². The average Bonchev–Trinajstić information content (AvgIpc) is 2.37. The zero-order chi connectivity index (χ0) is 14.7. The number of carboxylic acid groups (broad SMARTS) is 1. The molecule has 1 aliphatic rings. The lowest BCUT2D eigenvalue weighted by atomic mass is 10.1. The van der Waals surface area contributed by atoms with Crippen molar-refractivity contribution in [3.05, 3.63) is 34.3 Å². The molecule has 1 fully saturated rings. The quantitative estimate of drug-likeness (QED) is 0.860. The zero-order valence-corrected chi connectivity index (χ0v) is 13.3. The van der Waals surface area contributed by atoms with Gasteiger partial charge in [0.05, 0.1) is 0 Å². The molecule has 5 heteroatoms. The number of aliphatic carboxylic acids is 1. The van der Waals surface area contributed by atoms with Gasteiger partial charge in [-0.2, -0.15) is 0 Å². The number of carbonyl (C=O) groups is 1. The molecule has 0 spiro atoms. The minimum atomic E-state index is -0.926. The van der Waals surface area contributed by atoms with Crippen LogP contribution in [0, 0.1) is 0 Å². The van der Waals surface area contributed by atoms with Gasteiger partial charge in [0.25, 0.3) is 0 Å². The molecule has 0 amide bonds. The summed E-state index contributed by atoms with van der Waals surface area (Å²) in [7, 11) is 2.12. The third-order valence-electron chi connectivity index (χ3n) is 3.54. The number of hydrogen-bond donors (Lipinski definition) is 1. The predicted octanol–water partition coefficient (Wildman–Crippen LogP) is 2.69. The normalized spacial score (nSPS) is 20.6. The molecule has 0 saturated carbocycles. The lowest BCUT2D eigenvalue weighted by Crippen LogP contribution is -2.50. The van der Waals surface area contributed by atoms with E-state index in [0.29, 0.717) is 6.04 Å². The van der Waals surface area contributed by atoms with Crippen molar-refractivity contribution in [2.24, 2.45) is 0 Å². The van der Waals surface area contributed by atoms with Gasteiger partial charge in [-0.25, -0.2) is 4.79 Å². The summed E-state index contributed by atoms with van der Waals surface area (Å²) in [5.41, 5.74) is 2.02. The Kier molecular flexibility index (Phi) is 4.83. The van der Waals surface area contributed by atoms with Crippen LogP contribution in [-0.2, 0) is 4.79 Å². The second-order valence-electron chi connectivity index (χ2n) is 5.18. The largest absolute Gasteiger partial charge is 0.478 e. The Hall–Kier alpha value is -1.33. The van der Waals surface area contributed by atoms with Gasteiger partial charge < -0.3 is 14.9 Å². The summed E-state index contributed by atoms with van der Waals surface area (Å²) in [6.45, 7) is 5.16. The van der Waals surface area contributed by atoms with Gasteiger partial charge >= 0.3 is 5.97 Å². The highest BCUT2D eigenvalue weighted by molar-refractivity contribution is 9.10. The summed E-state index contributed by atoms with van der Waals surface area (Å²) in [6, 6.07) is 6.35. The Morgan fingerprint density at radius 1 is 1.45 bits per heavy atom. The first-order valence-corrected chi connectivity index (χ1v) is 7.42. The summed E-state index contributed by atoms with van der Waals surface area (Å²) >= 11 is 3.50. The molecule has 20 heavy (non-hydrogen) atoms. The minimum Gasteiger partial charge on any atom is -0.478 e. The van der Waals surface area contributed by atoms with Gasteiger partial charge in [-0.1, -0.05) is 22.0 Å². The second-order valence-corrected chi connectivity index (χ2v) is 6.10. The standard InChI is InChI=1S/C15H19BrN2O2/c1-11-10-17(2)7-8-18(11)14-9-13(16)5-3-12(14)4-6-15(19)20/h3-6,9,11H,7-8,10H2,1-2H3,(H,19,20)/b6-4+. The number of hydrogen-bond acceptors (Lipinski definition) is 3. The van der Waals surface area contributed by atoms with E-state index in [4.69, 9.17) is 5.11 Å². The van der Waals surface area contributed by atoms with E-state index < -0.39 is 5.97 Å². The Bertz CT molecular complexity index is 531. The van der Waals surface area contributed by atoms with Crippen LogP contribution in [-0.4, -0.2) is 48.7 Å². The molecular weight excluding hydrogens is 320 g/mol. The fraction of sp³-hybridized carbons (Fsp3) is 0.400. The van der Waals surface area contributed by atoms with Crippen molar-refractivity contribution >= 4 is 33.7 Å². The highest BCUT2D eigenvalue weighted by Gasteiger charge is 2.23. The third-order valence-corrected chi connectivity index (χ3v) is 4.03. The molecule has 4 nitrogen and oxygen atoms in total. The zero-order valence-electron chi connectivity index (χ0n) is 11.7. The lowest BCUT2D eigenvalue weighted by Gasteiger charge is -2.40. The van der Waals surface area contributed by atoms with Crippen molar-refractivity contribution in [3.8, 4) is 0 Å². The maximum atomic E-state index is 10.7. The molecule has 1 aromatic rings. The highest BCUT2D eigenvalue weighted by Crippen LogP contribution is 2.29. The summed E-state index contributed by atoms with van der Waals surface area (Å²) in [5.74, 6) is -0.926. The van der Waals surface area contributed by atoms with Gasteiger partial charge in [-0.05, 0) is 37.7 Å². The molecule has 2 rings (SSSR count). The van der Waals surface area contributed by atoms with Crippen molar-refractivity contribution < 1.29 is 9.90 Å². The van der Waals surface area contributed by atoms with Gasteiger partial charge in [-0.15, -0.1) is 0 Å². The number of piperazine rings is 1. The molecule has 1 aromatic carbocycles. The van der Waals surface area contributed by atoms with Crippen LogP contribution in [0.3, 0.4) is 0 Å². The fourth-order valence-corrected chi connectivity index (χ4v) is 2.91. The highest BCUT2D eigenvalue weighted by atomic mass is 79.9. The van der Waals surface area contributed by atoms with Gasteiger partial charge in [0, 0.05) is 41.9 Å². The Morgan fingerprint density at radius 2 is 2.20 bits per heavy atom. The van der Waals surface area contributed by atoms with E-state index in [-0.39, 0.29) is 0 Å². The molecule has 108 valence electrons. The van der Waals surface area contributed by atoms with Gasteiger partial charge in [-0.3, -0.25) is 0 Å². The number of likely N-dealkylation sites (N-methyl/N-ethyl adjacent to an activating group) is 1. The van der Waals surface area contributed by atoms with Crippen molar-refractivity contribution in [3.63, 3.8) is 0 Å². The molecule has 1 unspecified atom stereocenters. The first-order chi connectivity index (χ1) is 9.47. The number of anilines is 1. The summed E-state index contributed by atoms with van der Waals surface area (Å²) in [6.07, 6.45) is 2.85. The maximum Gasteiger partial charge on any atom is 0.328 e. The van der Waals surface area contributed by atoms with E-state index in [2.05, 4.69) is 45.8 Å². The average molecular weight is 339 g/mol. The van der Waals surface area contributed by atoms with E-state index in [0.717, 1.165) is 35.4 Å². The van der Waals surface area contributed by atoms with E-state index in [1.807, 2.05) is 12.1 Å². The van der Waals surface area contributed by atoms with Crippen molar-refractivity contribution in [2.75, 3.05) is 31.6 Å². The number of carboxylic acids is 1. The predicted molar refractivity (Wildman–Crippen MR) is 85.1 cm³/mol. The van der Waals surface area contributed by atoms with E-state index in [1.54, 1.807) is 6.08 Å². The number of benzene rings is 1. The van der Waals surface area contributed by atoms with E-state index in [9.17, 15) is 4.79 Å². The van der Waals surface area contributed by atoms with Gasteiger partial charge in [0.1, 0.15) is 0 Å². The van der Waals surface area contributed by atoms with Crippen LogP contribution >= 0.6 is 15.9 Å². The second kappa shape index (κ2) is 6.41. The van der Waals surface area contributed by atoms with Crippen molar-refractivity contribution in [1.29, 1.82) is 0 Å². The van der Waals surface area contributed by atoms with E-state index in [1.165, 1.54) is 6.08 Å². The van der Waals surface area contributed by atoms with Crippen LogP contribution in [0.15, 0.2) is 28.7 Å². The maximum absolute atomic E-state index is 10.7. The first-order valence-electron chi connectivity index (χ1n) is 6.63. The molecule has 0 radical (unpaired) electrons. The molecule has 1 heterocycles. The Balaban J connectivity index is 2.34. The Labute approximate surface area is 127 Å². The number of nitrogens with zero attached hydrogens (tertiary/aromatic N) is 2. The van der Waals surface area contributed by atoms with Crippen LogP contribution in [0.25, 0.3) is 6.08 Å². The van der Waals surface area contributed by atoms with Crippen LogP contribution < -0.4 is 4.90 Å². The molecule has 1 saturated heterocycles. The topological polar surface area (TPSA) is 43.8 Å². The molecule has 1 aliphatic heterocycles. The van der Waals surface area contributed by atoms with Crippen LogP contribution in [0.2, 0.25) is 0 Å². The summed E-state index contributed by atoms with van der Waals surface area (Å²) in [5, 5.41) is 8.80. The first kappa shape index (κ1) is 15.1. The third kappa shape index (κ3) is 3.61. The monoisotopic (exact) mass is 338 g/mol. The van der Waals surface area contributed by atoms with Crippen LogP contribution in [0.4, 0.5) is 5.69 Å². The number of halogens is 1. The molecule has 0 bridgehead atoms. The molecule has 1 atom stereocenters. The van der Waals surface area contributed by atoms with Crippen molar-refractivity contribution in [2.45, 2.75) is 13.0 Å². The molecular formula is C15H19BrN2O2. The van der Waals surface area contributed by atoms with E-state index >= 15 is 0 Å². The number of rotatable bonds is 3. The van der Waals surface area contributed by atoms with Crippen LogP contribution in [0.1, 0.15) is 12.5 Å². The minimum absolute atomic E-state index is 0.403. The molecule has 0 aliphatic carbocycles.